The van der Waals surface area contributed by atoms with Crippen LogP contribution < -0.4 is 9.47 Å². The quantitative estimate of drug-likeness (QED) is 0.688. The molecular weight excluding hydrogens is 349 g/mol. The molecule has 1 atom stereocenters. The van der Waals surface area contributed by atoms with Crippen molar-refractivity contribution in [2.45, 2.75) is 19.1 Å². The highest BCUT2D eigenvalue weighted by Crippen LogP contribution is 2.34. The van der Waals surface area contributed by atoms with Crippen molar-refractivity contribution in [3.8, 4) is 11.5 Å². The number of methoxy groups -OCH3 is 2. The van der Waals surface area contributed by atoms with E-state index >= 15 is 0 Å². The highest BCUT2D eigenvalue weighted by molar-refractivity contribution is 5.41. The fourth-order valence-electron chi connectivity index (χ4n) is 3.46. The van der Waals surface area contributed by atoms with Crippen LogP contribution >= 0.6 is 0 Å². The van der Waals surface area contributed by atoms with Crippen LogP contribution in [0.15, 0.2) is 42.5 Å². The van der Waals surface area contributed by atoms with Gasteiger partial charge in [-0.3, -0.25) is 4.90 Å². The molecular formula is C19H20FN5O2. The smallest absolute Gasteiger partial charge is 0.173 e. The fraction of sp³-hybridized carbons (Fsp3) is 0.316. The van der Waals surface area contributed by atoms with Gasteiger partial charge in [0.05, 0.1) is 26.8 Å². The summed E-state index contributed by atoms with van der Waals surface area (Å²) < 4.78 is 26.0. The third-order valence-corrected chi connectivity index (χ3v) is 4.82. The number of aromatic nitrogens is 4. The van der Waals surface area contributed by atoms with Gasteiger partial charge in [-0.05, 0) is 34.2 Å². The first kappa shape index (κ1) is 17.4. The van der Waals surface area contributed by atoms with Crippen LogP contribution in [0.1, 0.15) is 23.0 Å². The number of hydrogen-bond acceptors (Lipinski definition) is 6. The molecule has 0 N–H and O–H groups in total. The molecule has 7 nitrogen and oxygen atoms in total. The Morgan fingerprint density at radius 3 is 2.63 bits per heavy atom. The van der Waals surface area contributed by atoms with Gasteiger partial charge in [-0.2, -0.15) is 0 Å². The molecule has 0 aliphatic carbocycles. The predicted octanol–water partition coefficient (Wildman–Crippen LogP) is 2.43. The van der Waals surface area contributed by atoms with E-state index < -0.39 is 0 Å². The Morgan fingerprint density at radius 2 is 1.89 bits per heavy atom. The molecule has 27 heavy (non-hydrogen) atoms. The Hall–Kier alpha value is -3.00. The Bertz CT molecular complexity index is 928. The van der Waals surface area contributed by atoms with Crippen molar-refractivity contribution in [1.82, 2.24) is 25.1 Å². The topological polar surface area (TPSA) is 65.3 Å². The van der Waals surface area contributed by atoms with Gasteiger partial charge in [0.1, 0.15) is 17.3 Å². The van der Waals surface area contributed by atoms with Gasteiger partial charge in [-0.15, -0.1) is 5.10 Å². The fourth-order valence-corrected chi connectivity index (χ4v) is 3.46. The van der Waals surface area contributed by atoms with E-state index in [-0.39, 0.29) is 11.9 Å². The zero-order valence-electron chi connectivity index (χ0n) is 15.2. The molecule has 1 unspecified atom stereocenters. The van der Waals surface area contributed by atoms with E-state index in [2.05, 4.69) is 20.4 Å². The van der Waals surface area contributed by atoms with Gasteiger partial charge in [0.15, 0.2) is 5.82 Å². The number of ether oxygens (including phenoxy) is 2. The van der Waals surface area contributed by atoms with Crippen LogP contribution in [0.2, 0.25) is 0 Å². The van der Waals surface area contributed by atoms with E-state index in [1.54, 1.807) is 31.0 Å². The number of hydrogen-bond donors (Lipinski definition) is 0. The summed E-state index contributed by atoms with van der Waals surface area (Å²) in [5.41, 5.74) is 1.98. The molecule has 0 amide bonds. The van der Waals surface area contributed by atoms with E-state index in [0.29, 0.717) is 13.1 Å². The van der Waals surface area contributed by atoms with Crippen LogP contribution in [0, 0.1) is 5.82 Å². The van der Waals surface area contributed by atoms with Crippen LogP contribution in [-0.2, 0) is 13.1 Å². The number of fused-ring (bicyclic) bond motifs is 1. The minimum Gasteiger partial charge on any atom is -0.497 e. The highest BCUT2D eigenvalue weighted by atomic mass is 19.1. The summed E-state index contributed by atoms with van der Waals surface area (Å²) in [4.78, 5) is 2.27. The first-order valence-corrected chi connectivity index (χ1v) is 8.66. The molecule has 0 spiro atoms. The van der Waals surface area contributed by atoms with Crippen molar-refractivity contribution < 1.29 is 13.9 Å². The van der Waals surface area contributed by atoms with Crippen molar-refractivity contribution in [1.29, 1.82) is 0 Å². The summed E-state index contributed by atoms with van der Waals surface area (Å²) in [5, 5.41) is 12.1. The Kier molecular flexibility index (Phi) is 4.72. The second kappa shape index (κ2) is 7.32. The summed E-state index contributed by atoms with van der Waals surface area (Å²) in [7, 11) is 3.27. The summed E-state index contributed by atoms with van der Waals surface area (Å²) in [5.74, 6) is 1.99. The van der Waals surface area contributed by atoms with Crippen molar-refractivity contribution in [3.63, 3.8) is 0 Å². The lowest BCUT2D eigenvalue weighted by molar-refractivity contribution is 0.162. The van der Waals surface area contributed by atoms with Gasteiger partial charge in [-0.1, -0.05) is 18.2 Å². The van der Waals surface area contributed by atoms with Gasteiger partial charge in [0, 0.05) is 24.7 Å². The third kappa shape index (κ3) is 3.35. The van der Waals surface area contributed by atoms with Crippen molar-refractivity contribution in [2.24, 2.45) is 0 Å². The Morgan fingerprint density at radius 1 is 1.07 bits per heavy atom. The number of halogens is 1. The monoisotopic (exact) mass is 369 g/mol. The van der Waals surface area contributed by atoms with Crippen molar-refractivity contribution >= 4 is 0 Å². The zero-order valence-corrected chi connectivity index (χ0v) is 15.2. The average Bonchev–Trinajstić information content (AvgIpc) is 3.18. The summed E-state index contributed by atoms with van der Waals surface area (Å²) in [6.45, 7) is 2.09. The summed E-state index contributed by atoms with van der Waals surface area (Å²) >= 11 is 0. The van der Waals surface area contributed by atoms with Gasteiger partial charge in [0.2, 0.25) is 0 Å². The molecule has 140 valence electrons. The van der Waals surface area contributed by atoms with Gasteiger partial charge >= 0.3 is 0 Å². The highest BCUT2D eigenvalue weighted by Gasteiger charge is 2.32. The van der Waals surface area contributed by atoms with E-state index in [1.165, 1.54) is 12.1 Å². The zero-order chi connectivity index (χ0) is 18.8. The molecule has 0 fully saturated rings. The van der Waals surface area contributed by atoms with E-state index in [0.717, 1.165) is 35.0 Å². The maximum atomic E-state index is 13.4. The largest absolute Gasteiger partial charge is 0.497 e. The van der Waals surface area contributed by atoms with Crippen LogP contribution in [-0.4, -0.2) is 45.9 Å². The minimum absolute atomic E-state index is 0.166. The second-order valence-corrected chi connectivity index (χ2v) is 6.36. The first-order valence-electron chi connectivity index (χ1n) is 8.66. The molecule has 0 saturated heterocycles. The molecule has 2 heterocycles. The van der Waals surface area contributed by atoms with Crippen LogP contribution in [0.25, 0.3) is 0 Å². The van der Waals surface area contributed by atoms with E-state index in [1.807, 2.05) is 18.2 Å². The summed E-state index contributed by atoms with van der Waals surface area (Å²) in [6.07, 6.45) is 0. The molecule has 8 heteroatoms. The number of benzene rings is 2. The lowest BCUT2D eigenvalue weighted by Crippen LogP contribution is -2.39. The standard InChI is InChI=1S/C19H20FN5O2/c1-26-16-8-5-14(17(11-16)27-2)12-24-9-10-25-19(21-22-23-25)18(24)13-3-6-15(20)7-4-13/h3-8,11,18H,9-10,12H2,1-2H3. The Balaban J connectivity index is 1.70. The van der Waals surface area contributed by atoms with Crippen LogP contribution in [0.4, 0.5) is 4.39 Å². The molecule has 2 aromatic carbocycles. The maximum Gasteiger partial charge on any atom is 0.173 e. The molecule has 4 rings (SSSR count). The van der Waals surface area contributed by atoms with Crippen molar-refractivity contribution in [2.75, 3.05) is 20.8 Å². The molecule has 0 radical (unpaired) electrons. The summed E-state index contributed by atoms with van der Waals surface area (Å²) in [6, 6.07) is 12.1. The molecule has 3 aromatic rings. The van der Waals surface area contributed by atoms with E-state index in [4.69, 9.17) is 9.47 Å². The number of nitrogens with zero attached hydrogens (tertiary/aromatic N) is 5. The number of tetrazole rings is 1. The van der Waals surface area contributed by atoms with Gasteiger partial charge in [0.25, 0.3) is 0 Å². The lowest BCUT2D eigenvalue weighted by Gasteiger charge is -2.35. The van der Waals surface area contributed by atoms with Gasteiger partial charge < -0.3 is 9.47 Å². The van der Waals surface area contributed by atoms with Gasteiger partial charge in [-0.25, -0.2) is 9.07 Å². The number of rotatable bonds is 5. The first-order chi connectivity index (χ1) is 13.2. The Labute approximate surface area is 156 Å². The predicted molar refractivity (Wildman–Crippen MR) is 96.0 cm³/mol. The van der Waals surface area contributed by atoms with Crippen LogP contribution in [0.5, 0.6) is 11.5 Å². The van der Waals surface area contributed by atoms with Crippen LogP contribution in [0.3, 0.4) is 0 Å². The normalized spacial score (nSPS) is 16.8. The molecule has 0 saturated carbocycles. The molecule has 0 bridgehead atoms. The maximum absolute atomic E-state index is 13.4. The molecule has 1 aliphatic rings. The molecule has 1 aliphatic heterocycles. The molecule has 1 aromatic heterocycles. The lowest BCUT2D eigenvalue weighted by atomic mass is 10.0. The second-order valence-electron chi connectivity index (χ2n) is 6.36. The third-order valence-electron chi connectivity index (χ3n) is 4.82. The van der Waals surface area contributed by atoms with E-state index in [9.17, 15) is 4.39 Å². The SMILES string of the molecule is COc1ccc(CN2CCn3nnnc3C2c2ccc(F)cc2)c(OC)c1. The van der Waals surface area contributed by atoms with Crippen molar-refractivity contribution in [3.05, 3.63) is 65.2 Å². The minimum atomic E-state index is -0.266. The average molecular weight is 369 g/mol.